The number of hydrogen-bond acceptors (Lipinski definition) is 3. The van der Waals surface area contributed by atoms with Crippen LogP contribution < -0.4 is 0 Å². The van der Waals surface area contributed by atoms with E-state index < -0.39 is 5.97 Å². The molecule has 1 aromatic rings. The topological polar surface area (TPSA) is 63.1 Å². The average Bonchev–Trinajstić information content (AvgIpc) is 2.30. The van der Waals surface area contributed by atoms with Crippen LogP contribution in [0, 0.1) is 5.41 Å². The van der Waals surface area contributed by atoms with E-state index in [-0.39, 0.29) is 16.6 Å². The van der Waals surface area contributed by atoms with E-state index in [4.69, 9.17) is 16.7 Å². The van der Waals surface area contributed by atoms with Gasteiger partial charge in [0.1, 0.15) is 5.82 Å². The molecule has 1 fully saturated rings. The first kappa shape index (κ1) is 13.3. The van der Waals surface area contributed by atoms with E-state index in [0.717, 1.165) is 25.7 Å². The Hall–Kier alpha value is -1.16. The Kier molecular flexibility index (Phi) is 3.57. The number of carboxylic acid groups (broad SMARTS) is 1. The molecule has 0 atom stereocenters. The van der Waals surface area contributed by atoms with Crippen LogP contribution in [-0.2, 0) is 0 Å². The molecule has 0 aliphatic heterocycles. The van der Waals surface area contributed by atoms with Crippen LogP contribution in [0.4, 0.5) is 0 Å². The molecular weight excluding hydrogens is 252 g/mol. The third-order valence-corrected chi connectivity index (χ3v) is 3.95. The highest BCUT2D eigenvalue weighted by molar-refractivity contribution is 6.33. The number of aromatic carboxylic acids is 1. The molecule has 1 N–H and O–H groups in total. The van der Waals surface area contributed by atoms with Crippen molar-refractivity contribution in [3.63, 3.8) is 0 Å². The van der Waals surface area contributed by atoms with E-state index in [9.17, 15) is 4.79 Å². The molecule has 2 rings (SSSR count). The van der Waals surface area contributed by atoms with Gasteiger partial charge in [-0.3, -0.25) is 0 Å². The molecule has 0 unspecified atom stereocenters. The fourth-order valence-electron chi connectivity index (χ4n) is 2.38. The van der Waals surface area contributed by atoms with Crippen molar-refractivity contribution in [2.45, 2.75) is 45.4 Å². The van der Waals surface area contributed by atoms with Crippen molar-refractivity contribution in [2.75, 3.05) is 0 Å². The summed E-state index contributed by atoms with van der Waals surface area (Å²) < 4.78 is 0. The molecule has 0 aromatic carbocycles. The van der Waals surface area contributed by atoms with Crippen molar-refractivity contribution in [1.82, 2.24) is 9.97 Å². The summed E-state index contributed by atoms with van der Waals surface area (Å²) in [7, 11) is 0. The Balaban J connectivity index is 2.20. The lowest BCUT2D eigenvalue weighted by molar-refractivity contribution is 0.0689. The number of aromatic nitrogens is 2. The Morgan fingerprint density at radius 3 is 2.61 bits per heavy atom. The molecule has 1 aliphatic carbocycles. The van der Waals surface area contributed by atoms with Gasteiger partial charge in [0.05, 0.1) is 11.2 Å². The van der Waals surface area contributed by atoms with E-state index in [1.54, 1.807) is 0 Å². The summed E-state index contributed by atoms with van der Waals surface area (Å²) in [6.07, 6.45) is 5.65. The summed E-state index contributed by atoms with van der Waals surface area (Å²) in [6, 6.07) is 0. The monoisotopic (exact) mass is 268 g/mol. The van der Waals surface area contributed by atoms with E-state index >= 15 is 0 Å². The standard InChI is InChI=1S/C13H17ClN2O2/c1-13(2)5-3-8(4-6-13)11-15-7-9(14)10(16-11)12(17)18/h7-8H,3-6H2,1-2H3,(H,17,18). The van der Waals surface area contributed by atoms with Gasteiger partial charge < -0.3 is 5.11 Å². The van der Waals surface area contributed by atoms with Crippen LogP contribution in [0.15, 0.2) is 6.20 Å². The maximum Gasteiger partial charge on any atom is 0.356 e. The fourth-order valence-corrected chi connectivity index (χ4v) is 2.56. The normalized spacial score (nSPS) is 19.7. The van der Waals surface area contributed by atoms with Gasteiger partial charge in [0.25, 0.3) is 0 Å². The Morgan fingerprint density at radius 2 is 2.06 bits per heavy atom. The summed E-state index contributed by atoms with van der Waals surface area (Å²) in [5, 5.41) is 9.10. The van der Waals surface area contributed by atoms with Gasteiger partial charge in [0.2, 0.25) is 0 Å². The molecule has 98 valence electrons. The molecule has 5 heteroatoms. The first-order valence-electron chi connectivity index (χ1n) is 6.15. The van der Waals surface area contributed by atoms with Gasteiger partial charge in [0.15, 0.2) is 5.69 Å². The molecule has 1 aromatic heterocycles. The molecule has 4 nitrogen and oxygen atoms in total. The number of rotatable bonds is 2. The zero-order chi connectivity index (χ0) is 13.3. The van der Waals surface area contributed by atoms with Crippen molar-refractivity contribution < 1.29 is 9.90 Å². The third kappa shape index (κ3) is 2.80. The van der Waals surface area contributed by atoms with Crippen LogP contribution >= 0.6 is 11.6 Å². The molecule has 18 heavy (non-hydrogen) atoms. The average molecular weight is 269 g/mol. The minimum absolute atomic E-state index is 0.0912. The smallest absolute Gasteiger partial charge is 0.356 e. The van der Waals surface area contributed by atoms with Crippen LogP contribution in [0.1, 0.15) is 61.8 Å². The molecule has 0 radical (unpaired) electrons. The summed E-state index contributed by atoms with van der Waals surface area (Å²) in [4.78, 5) is 19.3. The van der Waals surface area contributed by atoms with Crippen LogP contribution in [0.25, 0.3) is 0 Å². The SMILES string of the molecule is CC1(C)CCC(c2ncc(Cl)c(C(=O)O)n2)CC1. The number of nitrogens with zero attached hydrogens (tertiary/aromatic N) is 2. The van der Waals surface area contributed by atoms with E-state index in [1.807, 2.05) is 0 Å². The zero-order valence-electron chi connectivity index (χ0n) is 10.6. The highest BCUT2D eigenvalue weighted by atomic mass is 35.5. The van der Waals surface area contributed by atoms with Gasteiger partial charge in [-0.25, -0.2) is 14.8 Å². The largest absolute Gasteiger partial charge is 0.476 e. The fraction of sp³-hybridized carbons (Fsp3) is 0.615. The molecular formula is C13H17ClN2O2. The van der Waals surface area contributed by atoms with Crippen molar-refractivity contribution in [1.29, 1.82) is 0 Å². The summed E-state index contributed by atoms with van der Waals surface area (Å²) in [5.74, 6) is -0.222. The second-order valence-electron chi connectivity index (χ2n) is 5.67. The molecule has 1 saturated carbocycles. The second kappa shape index (κ2) is 4.84. The third-order valence-electron chi connectivity index (χ3n) is 3.67. The molecule has 0 spiro atoms. The first-order chi connectivity index (χ1) is 8.39. The van der Waals surface area contributed by atoms with Crippen molar-refractivity contribution in [3.8, 4) is 0 Å². The lowest BCUT2D eigenvalue weighted by atomic mass is 9.73. The Morgan fingerprint density at radius 1 is 1.44 bits per heavy atom. The van der Waals surface area contributed by atoms with Crippen LogP contribution in [0.2, 0.25) is 5.02 Å². The number of halogens is 1. The lowest BCUT2D eigenvalue weighted by Crippen LogP contribution is -2.22. The van der Waals surface area contributed by atoms with Gasteiger partial charge >= 0.3 is 5.97 Å². The highest BCUT2D eigenvalue weighted by Crippen LogP contribution is 2.41. The molecule has 1 aliphatic rings. The summed E-state index contributed by atoms with van der Waals surface area (Å²) >= 11 is 5.77. The van der Waals surface area contributed by atoms with Crippen LogP contribution in [0.5, 0.6) is 0 Å². The van der Waals surface area contributed by atoms with Gasteiger partial charge in [0, 0.05) is 5.92 Å². The maximum atomic E-state index is 11.0. The Labute approximate surface area is 111 Å². The highest BCUT2D eigenvalue weighted by Gasteiger charge is 2.29. The van der Waals surface area contributed by atoms with Gasteiger partial charge in [-0.1, -0.05) is 25.4 Å². The van der Waals surface area contributed by atoms with Gasteiger partial charge in [-0.2, -0.15) is 0 Å². The predicted molar refractivity (Wildman–Crippen MR) is 69.0 cm³/mol. The molecule has 0 saturated heterocycles. The summed E-state index contributed by atoms with van der Waals surface area (Å²) in [6.45, 7) is 4.52. The van der Waals surface area contributed by atoms with E-state index in [2.05, 4.69) is 23.8 Å². The van der Waals surface area contributed by atoms with Crippen molar-refractivity contribution >= 4 is 17.6 Å². The minimum Gasteiger partial charge on any atom is -0.476 e. The summed E-state index contributed by atoms with van der Waals surface area (Å²) in [5.41, 5.74) is 0.282. The van der Waals surface area contributed by atoms with Crippen molar-refractivity contribution in [3.05, 3.63) is 22.7 Å². The molecule has 0 bridgehead atoms. The van der Waals surface area contributed by atoms with E-state index in [0.29, 0.717) is 11.2 Å². The number of carbonyl (C=O) groups is 1. The first-order valence-corrected chi connectivity index (χ1v) is 6.52. The van der Waals surface area contributed by atoms with E-state index in [1.165, 1.54) is 6.20 Å². The lowest BCUT2D eigenvalue weighted by Gasteiger charge is -2.33. The Bertz CT molecular complexity index is 464. The maximum absolute atomic E-state index is 11.0. The van der Waals surface area contributed by atoms with Gasteiger partial charge in [-0.15, -0.1) is 0 Å². The van der Waals surface area contributed by atoms with Crippen molar-refractivity contribution in [2.24, 2.45) is 5.41 Å². The van der Waals surface area contributed by atoms with Gasteiger partial charge in [-0.05, 0) is 31.1 Å². The number of carboxylic acids is 1. The minimum atomic E-state index is -1.10. The molecule has 0 amide bonds. The zero-order valence-corrected chi connectivity index (χ0v) is 11.4. The van der Waals surface area contributed by atoms with Crippen LogP contribution in [-0.4, -0.2) is 21.0 Å². The molecule has 1 heterocycles. The number of hydrogen-bond donors (Lipinski definition) is 1. The predicted octanol–water partition coefficient (Wildman–Crippen LogP) is 3.51. The van der Waals surface area contributed by atoms with Crippen LogP contribution in [0.3, 0.4) is 0 Å². The quantitative estimate of drug-likeness (QED) is 0.891. The second-order valence-corrected chi connectivity index (χ2v) is 6.08.